The molecule has 1 heterocycles. The highest BCUT2D eigenvalue weighted by molar-refractivity contribution is 5.76. The van der Waals surface area contributed by atoms with Gasteiger partial charge >= 0.3 is 0 Å². The van der Waals surface area contributed by atoms with Crippen LogP contribution in [0.4, 0.5) is 0 Å². The second-order valence-electron chi connectivity index (χ2n) is 26.5. The molecule has 7 atom stereocenters. The summed E-state index contributed by atoms with van der Waals surface area (Å²) in [4.78, 5) is 13.2. The first-order valence-corrected chi connectivity index (χ1v) is 37.2. The number of nitrogens with one attached hydrogen (secondary N) is 1. The zero-order valence-corrected chi connectivity index (χ0v) is 55.0. The number of unbranched alkanes of at least 4 members (excludes halogenated alkanes) is 57. The van der Waals surface area contributed by atoms with E-state index >= 15 is 0 Å². The zero-order chi connectivity index (χ0) is 59.3. The van der Waals surface area contributed by atoms with Crippen LogP contribution in [0.15, 0.2) is 0 Å². The van der Waals surface area contributed by atoms with Gasteiger partial charge in [0, 0.05) is 6.42 Å². The number of aliphatic hydroxyl groups is 5. The summed E-state index contributed by atoms with van der Waals surface area (Å²) in [7, 11) is 0. The number of hydrogen-bond donors (Lipinski definition) is 6. The van der Waals surface area contributed by atoms with Crippen molar-refractivity contribution in [1.29, 1.82) is 0 Å². The maximum absolute atomic E-state index is 13.2. The number of hydrogen-bond acceptors (Lipinski definition) is 8. The lowest BCUT2D eigenvalue weighted by atomic mass is 9.99. The highest BCUT2D eigenvalue weighted by Crippen LogP contribution is 2.24. The van der Waals surface area contributed by atoms with Crippen molar-refractivity contribution in [3.05, 3.63) is 0 Å². The van der Waals surface area contributed by atoms with Gasteiger partial charge in [0.2, 0.25) is 5.91 Å². The molecule has 0 aromatic carbocycles. The Morgan fingerprint density at radius 2 is 0.610 bits per heavy atom. The number of aliphatic hydroxyl groups excluding tert-OH is 5. The number of carbonyl (C=O) groups is 1. The van der Waals surface area contributed by atoms with Crippen LogP contribution < -0.4 is 5.32 Å². The molecule has 490 valence electrons. The first-order valence-electron chi connectivity index (χ1n) is 37.2. The Labute approximate surface area is 510 Å². The van der Waals surface area contributed by atoms with E-state index in [1.54, 1.807) is 0 Å². The van der Waals surface area contributed by atoms with Crippen LogP contribution in [0.1, 0.15) is 406 Å². The number of carbonyl (C=O) groups excluding carboxylic acids is 1. The SMILES string of the molecule is CCCCCCCCCCCCCCCCCCCCCCCCCCCCCCCCCCCCCCCCC(=O)NC(COC1OC(CO)C(O)C(O)C1O)C(O)CCCCCCCCCCCCCCCCCCCCCCC. The van der Waals surface area contributed by atoms with Crippen molar-refractivity contribution >= 4 is 5.91 Å². The van der Waals surface area contributed by atoms with E-state index in [1.807, 2.05) is 0 Å². The molecule has 0 aliphatic carbocycles. The van der Waals surface area contributed by atoms with Crippen molar-refractivity contribution in [1.82, 2.24) is 5.32 Å². The van der Waals surface area contributed by atoms with Crippen LogP contribution in [0.25, 0.3) is 0 Å². The van der Waals surface area contributed by atoms with Crippen LogP contribution in [0.3, 0.4) is 0 Å². The van der Waals surface area contributed by atoms with E-state index in [2.05, 4.69) is 19.2 Å². The molecule has 0 spiro atoms. The largest absolute Gasteiger partial charge is 0.394 e. The molecular formula is C73H145NO8. The molecule has 1 saturated heterocycles. The molecule has 0 radical (unpaired) electrons. The molecule has 7 unspecified atom stereocenters. The van der Waals surface area contributed by atoms with Crippen molar-refractivity contribution in [2.75, 3.05) is 13.2 Å². The second-order valence-corrected chi connectivity index (χ2v) is 26.5. The van der Waals surface area contributed by atoms with Crippen molar-refractivity contribution in [2.45, 2.75) is 448 Å². The molecule has 0 saturated carbocycles. The molecule has 1 fully saturated rings. The van der Waals surface area contributed by atoms with Crippen LogP contribution in [0, 0.1) is 0 Å². The highest BCUT2D eigenvalue weighted by Gasteiger charge is 2.44. The van der Waals surface area contributed by atoms with Gasteiger partial charge in [0.05, 0.1) is 25.4 Å². The van der Waals surface area contributed by atoms with Crippen molar-refractivity contribution < 1.29 is 39.8 Å². The number of ether oxygens (including phenoxy) is 2. The van der Waals surface area contributed by atoms with Crippen LogP contribution in [0.5, 0.6) is 0 Å². The van der Waals surface area contributed by atoms with Gasteiger partial charge in [-0.25, -0.2) is 0 Å². The van der Waals surface area contributed by atoms with E-state index in [0.29, 0.717) is 12.8 Å². The van der Waals surface area contributed by atoms with Crippen LogP contribution in [0.2, 0.25) is 0 Å². The Morgan fingerprint density at radius 3 is 0.866 bits per heavy atom. The molecule has 0 aromatic rings. The highest BCUT2D eigenvalue weighted by atomic mass is 16.7. The normalized spacial score (nSPS) is 18.2. The fourth-order valence-electron chi connectivity index (χ4n) is 12.6. The third-order valence-corrected chi connectivity index (χ3v) is 18.5. The van der Waals surface area contributed by atoms with Crippen LogP contribution in [-0.2, 0) is 14.3 Å². The van der Waals surface area contributed by atoms with Crippen molar-refractivity contribution in [3.63, 3.8) is 0 Å². The molecule has 1 amide bonds. The maximum atomic E-state index is 13.2. The molecule has 0 aromatic heterocycles. The van der Waals surface area contributed by atoms with Gasteiger partial charge in [-0.1, -0.05) is 386 Å². The standard InChI is InChI=1S/C73H145NO8/c1-3-5-7-9-11-13-15-17-19-21-23-25-26-27-28-29-30-31-32-33-34-35-36-37-38-39-40-41-43-45-47-49-51-53-55-57-59-61-63-69(77)74-66(65-81-73-72(80)71(79)70(78)68(64-75)82-73)67(76)62-60-58-56-54-52-50-48-46-44-42-24-22-20-18-16-14-12-10-8-6-4-2/h66-68,70-73,75-76,78-80H,3-65H2,1-2H3,(H,74,77). The van der Waals surface area contributed by atoms with Crippen molar-refractivity contribution in [3.8, 4) is 0 Å². The molecule has 0 bridgehead atoms. The molecule has 9 nitrogen and oxygen atoms in total. The summed E-state index contributed by atoms with van der Waals surface area (Å²) in [5.41, 5.74) is 0. The van der Waals surface area contributed by atoms with E-state index in [4.69, 9.17) is 9.47 Å². The predicted molar refractivity (Wildman–Crippen MR) is 351 cm³/mol. The van der Waals surface area contributed by atoms with Crippen LogP contribution >= 0.6 is 0 Å². The summed E-state index contributed by atoms with van der Waals surface area (Å²) in [5, 5.41) is 54.9. The van der Waals surface area contributed by atoms with Gasteiger partial charge in [0.25, 0.3) is 0 Å². The average Bonchev–Trinajstić information content (AvgIpc) is 3.59. The Balaban J connectivity index is 2.02. The predicted octanol–water partition coefficient (Wildman–Crippen LogP) is 20.5. The summed E-state index contributed by atoms with van der Waals surface area (Å²) < 4.78 is 11.4. The van der Waals surface area contributed by atoms with Gasteiger partial charge < -0.3 is 40.3 Å². The molecule has 82 heavy (non-hydrogen) atoms. The summed E-state index contributed by atoms with van der Waals surface area (Å²) in [6.07, 6.45) is 73.5. The minimum absolute atomic E-state index is 0.130. The summed E-state index contributed by atoms with van der Waals surface area (Å²) >= 11 is 0. The minimum atomic E-state index is -1.55. The summed E-state index contributed by atoms with van der Waals surface area (Å²) in [5.74, 6) is -0.133. The maximum Gasteiger partial charge on any atom is 0.220 e. The molecule has 6 N–H and O–H groups in total. The Kier molecular flexibility index (Phi) is 61.1. The molecule has 1 rings (SSSR count). The fourth-order valence-corrected chi connectivity index (χ4v) is 12.6. The summed E-state index contributed by atoms with van der Waals surface area (Å²) in [6, 6.07) is -0.715. The second kappa shape index (κ2) is 63.2. The Hall–Kier alpha value is -0.810. The van der Waals surface area contributed by atoms with Gasteiger partial charge in [0.1, 0.15) is 24.4 Å². The Bertz CT molecular complexity index is 1260. The van der Waals surface area contributed by atoms with Crippen LogP contribution in [-0.4, -0.2) is 87.5 Å². The molecular weight excluding hydrogens is 1020 g/mol. The zero-order valence-electron chi connectivity index (χ0n) is 55.0. The lowest BCUT2D eigenvalue weighted by Gasteiger charge is -2.40. The summed E-state index contributed by atoms with van der Waals surface area (Å²) in [6.45, 7) is 3.91. The average molecular weight is 1160 g/mol. The lowest BCUT2D eigenvalue weighted by molar-refractivity contribution is -0.302. The first kappa shape index (κ1) is 79.2. The molecule has 1 aliphatic heterocycles. The lowest BCUT2D eigenvalue weighted by Crippen LogP contribution is -2.60. The third kappa shape index (κ3) is 51.3. The van der Waals surface area contributed by atoms with E-state index in [0.717, 1.165) is 38.5 Å². The van der Waals surface area contributed by atoms with E-state index in [9.17, 15) is 30.3 Å². The topological polar surface area (TPSA) is 149 Å². The quantitative estimate of drug-likeness (QED) is 0.0330. The van der Waals surface area contributed by atoms with E-state index in [1.165, 1.54) is 340 Å². The van der Waals surface area contributed by atoms with Gasteiger partial charge in [-0.05, 0) is 12.8 Å². The first-order chi connectivity index (χ1) is 40.3. The third-order valence-electron chi connectivity index (χ3n) is 18.5. The number of amides is 1. The van der Waals surface area contributed by atoms with Gasteiger partial charge in [-0.2, -0.15) is 0 Å². The smallest absolute Gasteiger partial charge is 0.220 e. The monoisotopic (exact) mass is 1160 g/mol. The van der Waals surface area contributed by atoms with E-state index in [-0.39, 0.29) is 12.5 Å². The van der Waals surface area contributed by atoms with Gasteiger partial charge in [0.15, 0.2) is 6.29 Å². The fraction of sp³-hybridized carbons (Fsp3) is 0.986. The van der Waals surface area contributed by atoms with E-state index < -0.39 is 49.5 Å². The molecule has 1 aliphatic rings. The number of rotatable bonds is 67. The van der Waals surface area contributed by atoms with Gasteiger partial charge in [-0.3, -0.25) is 4.79 Å². The molecule has 9 heteroatoms. The van der Waals surface area contributed by atoms with Gasteiger partial charge in [-0.15, -0.1) is 0 Å². The Morgan fingerprint density at radius 1 is 0.366 bits per heavy atom. The van der Waals surface area contributed by atoms with Crippen molar-refractivity contribution in [2.24, 2.45) is 0 Å². The minimum Gasteiger partial charge on any atom is -0.394 e.